The minimum Gasteiger partial charge on any atom is -0.450 e. The highest BCUT2D eigenvalue weighted by molar-refractivity contribution is 5.81. The molecule has 0 aromatic rings. The van der Waals surface area contributed by atoms with Crippen molar-refractivity contribution >= 4 is 12.0 Å². The fourth-order valence-corrected chi connectivity index (χ4v) is 2.47. The van der Waals surface area contributed by atoms with E-state index in [2.05, 4.69) is 0 Å². The van der Waals surface area contributed by atoms with Crippen LogP contribution in [-0.2, 0) is 9.53 Å². The molecule has 1 saturated heterocycles. The van der Waals surface area contributed by atoms with Gasteiger partial charge in [0.1, 0.15) is 0 Å². The first-order chi connectivity index (χ1) is 9.11. The van der Waals surface area contributed by atoms with Gasteiger partial charge in [-0.1, -0.05) is 12.2 Å². The molecule has 0 aromatic carbocycles. The van der Waals surface area contributed by atoms with E-state index in [1.165, 1.54) is 0 Å². The Morgan fingerprint density at radius 2 is 1.84 bits per heavy atom. The predicted octanol–water partition coefficient (Wildman–Crippen LogP) is 0.191. The van der Waals surface area contributed by atoms with Crippen LogP contribution < -0.4 is 5.73 Å². The number of piperazine rings is 1. The smallest absolute Gasteiger partial charge is 0.409 e. The van der Waals surface area contributed by atoms with Gasteiger partial charge in [-0.25, -0.2) is 4.79 Å². The second-order valence-corrected chi connectivity index (χ2v) is 4.90. The third-order valence-corrected chi connectivity index (χ3v) is 3.55. The molecule has 2 N–H and O–H groups in total. The summed E-state index contributed by atoms with van der Waals surface area (Å²) in [6.45, 7) is 4.37. The molecule has 6 nitrogen and oxygen atoms in total. The molecule has 0 saturated carbocycles. The van der Waals surface area contributed by atoms with E-state index in [0.717, 1.165) is 0 Å². The van der Waals surface area contributed by atoms with E-state index in [4.69, 9.17) is 10.5 Å². The van der Waals surface area contributed by atoms with Crippen molar-refractivity contribution in [1.82, 2.24) is 9.80 Å². The van der Waals surface area contributed by atoms with E-state index in [1.54, 1.807) is 11.8 Å². The zero-order chi connectivity index (χ0) is 13.8. The van der Waals surface area contributed by atoms with Gasteiger partial charge in [-0.15, -0.1) is 0 Å². The van der Waals surface area contributed by atoms with Crippen molar-refractivity contribution in [2.24, 2.45) is 11.7 Å². The first-order valence-corrected chi connectivity index (χ1v) is 6.76. The number of nitrogens with zero attached hydrogens (tertiary/aromatic N) is 2. The molecule has 0 radical (unpaired) electrons. The fourth-order valence-electron chi connectivity index (χ4n) is 2.47. The molecular weight excluding hydrogens is 246 g/mol. The third kappa shape index (κ3) is 3.26. The summed E-state index contributed by atoms with van der Waals surface area (Å²) in [7, 11) is 0. The van der Waals surface area contributed by atoms with Crippen LogP contribution in [0.2, 0.25) is 0 Å². The third-order valence-electron chi connectivity index (χ3n) is 3.55. The second kappa shape index (κ2) is 6.06. The van der Waals surface area contributed by atoms with E-state index in [9.17, 15) is 9.59 Å². The van der Waals surface area contributed by atoms with Gasteiger partial charge in [-0.3, -0.25) is 4.79 Å². The van der Waals surface area contributed by atoms with Crippen molar-refractivity contribution in [3.63, 3.8) is 0 Å². The van der Waals surface area contributed by atoms with Gasteiger partial charge in [0.25, 0.3) is 0 Å². The highest BCUT2D eigenvalue weighted by Crippen LogP contribution is 2.20. The Kier molecular flexibility index (Phi) is 4.42. The monoisotopic (exact) mass is 267 g/mol. The van der Waals surface area contributed by atoms with Crippen molar-refractivity contribution in [3.8, 4) is 0 Å². The summed E-state index contributed by atoms with van der Waals surface area (Å²) in [4.78, 5) is 27.2. The first-order valence-electron chi connectivity index (χ1n) is 6.76. The highest BCUT2D eigenvalue weighted by atomic mass is 16.6. The normalized spacial score (nSPS) is 26.6. The molecule has 1 fully saturated rings. The molecule has 2 aliphatic rings. The quantitative estimate of drug-likeness (QED) is 0.725. The van der Waals surface area contributed by atoms with Gasteiger partial charge in [0.2, 0.25) is 5.91 Å². The molecule has 19 heavy (non-hydrogen) atoms. The number of hydrogen-bond acceptors (Lipinski definition) is 4. The van der Waals surface area contributed by atoms with Crippen LogP contribution in [0.3, 0.4) is 0 Å². The van der Waals surface area contributed by atoms with E-state index in [1.807, 2.05) is 17.1 Å². The van der Waals surface area contributed by atoms with Crippen LogP contribution in [0.5, 0.6) is 0 Å². The molecule has 106 valence electrons. The minimum absolute atomic E-state index is 0.00484. The molecule has 2 rings (SSSR count). The summed E-state index contributed by atoms with van der Waals surface area (Å²) >= 11 is 0. The Hall–Kier alpha value is -1.56. The lowest BCUT2D eigenvalue weighted by molar-refractivity contribution is -0.135. The topological polar surface area (TPSA) is 75.9 Å². The average molecular weight is 267 g/mol. The molecule has 1 heterocycles. The van der Waals surface area contributed by atoms with Crippen molar-refractivity contribution < 1.29 is 14.3 Å². The zero-order valence-corrected chi connectivity index (χ0v) is 11.2. The van der Waals surface area contributed by atoms with Crippen molar-refractivity contribution in [2.45, 2.75) is 19.4 Å². The summed E-state index contributed by atoms with van der Waals surface area (Å²) in [5, 5.41) is 0. The van der Waals surface area contributed by atoms with Gasteiger partial charge >= 0.3 is 6.09 Å². The van der Waals surface area contributed by atoms with E-state index in [0.29, 0.717) is 39.2 Å². The predicted molar refractivity (Wildman–Crippen MR) is 70.4 cm³/mol. The lowest BCUT2D eigenvalue weighted by Gasteiger charge is -2.35. The van der Waals surface area contributed by atoms with Crippen molar-refractivity contribution in [2.75, 3.05) is 32.8 Å². The average Bonchev–Trinajstić information content (AvgIpc) is 2.85. The number of amides is 2. The van der Waals surface area contributed by atoms with E-state index < -0.39 is 0 Å². The SMILES string of the molecule is CCOC(=O)N1CCN(C(=O)C2C=CC(N)C2)CC1. The van der Waals surface area contributed by atoms with Crippen LogP contribution in [0.25, 0.3) is 0 Å². The number of hydrogen-bond donors (Lipinski definition) is 1. The van der Waals surface area contributed by atoms with Crippen LogP contribution >= 0.6 is 0 Å². The second-order valence-electron chi connectivity index (χ2n) is 4.90. The van der Waals surface area contributed by atoms with Gasteiger partial charge in [0, 0.05) is 32.2 Å². The molecule has 2 atom stereocenters. The first kappa shape index (κ1) is 13.9. The lowest BCUT2D eigenvalue weighted by Crippen LogP contribution is -2.52. The number of carbonyl (C=O) groups excluding carboxylic acids is 2. The Balaban J connectivity index is 1.81. The van der Waals surface area contributed by atoms with E-state index in [-0.39, 0.29) is 24.0 Å². The molecule has 1 aliphatic heterocycles. The maximum atomic E-state index is 12.2. The molecule has 2 amide bonds. The van der Waals surface area contributed by atoms with Gasteiger partial charge in [-0.2, -0.15) is 0 Å². The minimum atomic E-state index is -0.294. The lowest BCUT2D eigenvalue weighted by atomic mass is 10.1. The van der Waals surface area contributed by atoms with Crippen LogP contribution in [-0.4, -0.2) is 60.6 Å². The number of ether oxygens (including phenoxy) is 1. The van der Waals surface area contributed by atoms with Crippen LogP contribution in [0.1, 0.15) is 13.3 Å². The van der Waals surface area contributed by atoms with E-state index >= 15 is 0 Å². The van der Waals surface area contributed by atoms with Crippen molar-refractivity contribution in [1.29, 1.82) is 0 Å². The van der Waals surface area contributed by atoms with Gasteiger partial charge in [0.05, 0.1) is 12.5 Å². The maximum Gasteiger partial charge on any atom is 0.409 e. The summed E-state index contributed by atoms with van der Waals surface area (Å²) in [5.41, 5.74) is 5.76. The molecule has 0 bridgehead atoms. The Morgan fingerprint density at radius 1 is 1.21 bits per heavy atom. The fraction of sp³-hybridized carbons (Fsp3) is 0.692. The molecular formula is C13H21N3O3. The molecule has 0 spiro atoms. The summed E-state index contributed by atoms with van der Waals surface area (Å²) < 4.78 is 4.95. The van der Waals surface area contributed by atoms with Crippen LogP contribution in [0.4, 0.5) is 4.79 Å². The summed E-state index contributed by atoms with van der Waals surface area (Å²) in [6.07, 6.45) is 4.18. The van der Waals surface area contributed by atoms with Crippen LogP contribution in [0, 0.1) is 5.92 Å². The maximum absolute atomic E-state index is 12.2. The Morgan fingerprint density at radius 3 is 2.37 bits per heavy atom. The summed E-state index contributed by atoms with van der Waals surface area (Å²) in [5.74, 6) is 0.0249. The standard InChI is InChI=1S/C13H21N3O3/c1-2-19-13(18)16-7-5-15(6-8-16)12(17)10-3-4-11(14)9-10/h3-4,10-11H,2,5-9,14H2,1H3. The summed E-state index contributed by atoms with van der Waals surface area (Å²) in [6, 6.07) is -0.00484. The van der Waals surface area contributed by atoms with Gasteiger partial charge in [0.15, 0.2) is 0 Å². The zero-order valence-electron chi connectivity index (χ0n) is 11.2. The Bertz CT molecular complexity index is 375. The largest absolute Gasteiger partial charge is 0.450 e. The number of carbonyl (C=O) groups is 2. The number of rotatable bonds is 2. The van der Waals surface area contributed by atoms with Gasteiger partial charge in [-0.05, 0) is 13.3 Å². The van der Waals surface area contributed by atoms with Crippen molar-refractivity contribution in [3.05, 3.63) is 12.2 Å². The highest BCUT2D eigenvalue weighted by Gasteiger charge is 2.30. The molecule has 0 aromatic heterocycles. The number of nitrogens with two attached hydrogens (primary N) is 1. The molecule has 6 heteroatoms. The molecule has 1 aliphatic carbocycles. The van der Waals surface area contributed by atoms with Gasteiger partial charge < -0.3 is 20.3 Å². The Labute approximate surface area is 113 Å². The molecule has 2 unspecified atom stereocenters. The van der Waals surface area contributed by atoms with Crippen LogP contribution in [0.15, 0.2) is 12.2 Å².